The Kier molecular flexibility index (Phi) is 33.7. The summed E-state index contributed by atoms with van der Waals surface area (Å²) in [5.74, 6) is -5.21. The zero-order chi connectivity index (χ0) is 98.4. The van der Waals surface area contributed by atoms with Crippen LogP contribution in [-0.4, -0.2) is 171 Å². The van der Waals surface area contributed by atoms with Gasteiger partial charge in [-0.3, -0.25) is 60.0 Å². The molecule has 708 valence electrons. The summed E-state index contributed by atoms with van der Waals surface area (Å²) in [5.41, 5.74) is 4.23. The molecule has 0 spiro atoms. The highest BCUT2D eigenvalue weighted by molar-refractivity contribution is 6.32. The van der Waals surface area contributed by atoms with Gasteiger partial charge < -0.3 is 81.1 Å². The van der Waals surface area contributed by atoms with E-state index in [9.17, 15) is 55.9 Å². The van der Waals surface area contributed by atoms with Gasteiger partial charge in [0, 0.05) is 117 Å². The minimum absolute atomic E-state index is 0.137. The van der Waals surface area contributed by atoms with Crippen LogP contribution in [0.15, 0.2) is 243 Å². The topological polar surface area (TPSA) is 378 Å². The van der Waals surface area contributed by atoms with E-state index in [0.29, 0.717) is 88.1 Å². The van der Waals surface area contributed by atoms with Crippen molar-refractivity contribution in [3.8, 4) is 23.0 Å². The third kappa shape index (κ3) is 26.1. The van der Waals surface area contributed by atoms with Crippen LogP contribution in [0.3, 0.4) is 0 Å². The highest BCUT2D eigenvalue weighted by Crippen LogP contribution is 2.33. The van der Waals surface area contributed by atoms with Gasteiger partial charge in [-0.15, -0.1) is 0 Å². The lowest BCUT2D eigenvalue weighted by molar-refractivity contribution is 0.100. The molecular weight excluding hydrogens is 1860 g/mol. The smallest absolute Gasteiger partial charge is 0.258 e. The number of nitrogens with one attached hydrogen (secondary N) is 12. The van der Waals surface area contributed by atoms with Gasteiger partial charge >= 0.3 is 0 Å². The summed E-state index contributed by atoms with van der Waals surface area (Å²) in [6, 6.07) is 60.9. The van der Waals surface area contributed by atoms with Gasteiger partial charge in [-0.1, -0.05) is 70.7 Å². The number of likely N-dealkylation sites (tertiary alicyclic amines) is 3. The minimum atomic E-state index is -0.753. The molecule has 12 aromatic rings. The van der Waals surface area contributed by atoms with E-state index in [1.807, 2.05) is 14.7 Å². The Bertz CT molecular complexity index is 6650. The molecule has 12 N–H and O–H groups in total. The summed E-state index contributed by atoms with van der Waals surface area (Å²) in [5, 5.41) is 56.4. The van der Waals surface area contributed by atoms with Gasteiger partial charge in [-0.25, -0.2) is 17.6 Å². The van der Waals surface area contributed by atoms with Crippen molar-refractivity contribution in [3.63, 3.8) is 0 Å². The molecule has 0 aromatic heterocycles. The molecular formula is C102H92Cl4F4N16O12. The molecule has 28 nitrogen and oxygen atoms in total. The zero-order valence-corrected chi connectivity index (χ0v) is 77.7. The zero-order valence-electron chi connectivity index (χ0n) is 74.7. The fraction of sp³-hybridized carbons (Fsp3) is 0.176. The number of carbonyl (C=O) groups excluding carboxylic acids is 8. The monoisotopic (exact) mass is 1950 g/mol. The number of piperidine rings is 1. The first-order valence-corrected chi connectivity index (χ1v) is 44.7. The lowest BCUT2D eigenvalue weighted by Gasteiger charge is -2.33. The average Bonchev–Trinajstić information content (AvgIpc) is 1.30. The lowest BCUT2D eigenvalue weighted by Crippen LogP contribution is -2.42. The van der Waals surface area contributed by atoms with Gasteiger partial charge in [0.1, 0.15) is 69.6 Å². The second kappa shape index (κ2) is 46.5. The van der Waals surface area contributed by atoms with Crippen LogP contribution in [-0.2, 0) is 0 Å². The van der Waals surface area contributed by atoms with E-state index >= 15 is 0 Å². The van der Waals surface area contributed by atoms with Crippen molar-refractivity contribution < 1.29 is 74.9 Å². The highest BCUT2D eigenvalue weighted by Gasteiger charge is 2.29. The van der Waals surface area contributed by atoms with Crippen molar-refractivity contribution in [2.24, 2.45) is 0 Å². The SMILES string of the molecule is COc1ccc(NC(=O)c2ccc(C(=N)N3CC3)cc2F)c(C(=O)Nc2ccc(Cl)cc2)c1.COc1ccc(NC(=O)c2ccc(C(=N)N3CCC3)cc2F)c(C(=O)Nc2ccc(Cl)cc2)c1.COc1ccc(NC(=O)c2ccc(C(=N)N3CCCC3)cc2F)c(C(=O)Nc2ccc(Cl)cc2)c1.COc1ccc(NC(=O)c2ccc(C(=N)N3CCCCC3)cc2F)c(C(=O)Nc2ccc(Cl)cc2)c1. The van der Waals surface area contributed by atoms with Gasteiger partial charge in [-0.05, 0) is 257 Å². The molecule has 16 rings (SSSR count). The normalized spacial score (nSPS) is 12.7. The highest BCUT2D eigenvalue weighted by atomic mass is 35.5. The summed E-state index contributed by atoms with van der Waals surface area (Å²) < 4.78 is 80.1. The average molecular weight is 1950 g/mol. The fourth-order valence-electron chi connectivity index (χ4n) is 14.5. The maximum atomic E-state index is 14.9. The number of amides is 8. The van der Waals surface area contributed by atoms with Gasteiger partial charge in [0.2, 0.25) is 0 Å². The van der Waals surface area contributed by atoms with Gasteiger partial charge in [-0.2, -0.15) is 0 Å². The van der Waals surface area contributed by atoms with Gasteiger partial charge in [0.15, 0.2) is 0 Å². The van der Waals surface area contributed by atoms with Crippen molar-refractivity contribution >= 4 is 163 Å². The van der Waals surface area contributed by atoms with Crippen LogP contribution in [0.5, 0.6) is 23.0 Å². The number of methoxy groups -OCH3 is 4. The molecule has 12 aromatic carbocycles. The molecule has 0 saturated carbocycles. The first-order valence-electron chi connectivity index (χ1n) is 43.2. The van der Waals surface area contributed by atoms with Gasteiger partial charge in [0.25, 0.3) is 47.3 Å². The number of hydrogen-bond acceptors (Lipinski definition) is 16. The van der Waals surface area contributed by atoms with Crippen molar-refractivity contribution in [3.05, 3.63) is 353 Å². The summed E-state index contributed by atoms with van der Waals surface area (Å²) in [7, 11) is 5.85. The van der Waals surface area contributed by atoms with Crippen molar-refractivity contribution in [1.29, 1.82) is 21.6 Å². The van der Waals surface area contributed by atoms with Crippen LogP contribution >= 0.6 is 46.4 Å². The van der Waals surface area contributed by atoms with E-state index in [-0.39, 0.29) is 90.6 Å². The standard InChI is InChI=1S/C27H26ClFN4O3.C26H24ClFN4O3.C25H22ClFN4O3.C24H20ClFN4O3/c1-36-20-10-12-24(22(16-20)27(35)31-19-8-6-18(28)7-9-19)32-26(34)21-11-5-17(15-23(21)29)25(30)33-13-3-2-4-14-33;1-35-19-9-11-23(21(15-19)26(34)30-18-7-5-17(27)6-8-18)31-25(33)20-10-4-16(14-22(20)28)24(29)32-12-2-3-13-32;1-34-18-8-10-22(20(14-18)25(33)29-17-6-4-16(26)5-7-17)30-24(32)19-9-3-15(13-21(19)27)23(28)31-11-2-12-31;1-33-17-7-9-21(19(13-17)24(32)28-16-5-3-15(25)4-6-16)29-23(31)18-8-2-14(12-20(18)26)22(27)30-10-11-30/h5-12,15-16,30H,2-4,13-14H2,1H3,(H,31,35)(H,32,34);4-11,14-15,29H,2-3,12-13H2,1H3,(H,30,34)(H,31,33);3-10,13-14,28H,2,11-12H2,1H3,(H,29,33)(H,30,32);2-9,12-13,27H,10-11H2,1H3,(H,28,32)(H,29,31). The van der Waals surface area contributed by atoms with Crippen LogP contribution in [0, 0.1) is 44.9 Å². The predicted molar refractivity (Wildman–Crippen MR) is 528 cm³/mol. The van der Waals surface area contributed by atoms with E-state index in [2.05, 4.69) is 42.5 Å². The molecule has 0 aliphatic carbocycles. The maximum Gasteiger partial charge on any atom is 0.258 e. The largest absolute Gasteiger partial charge is 0.497 e. The molecule has 4 aliphatic heterocycles. The van der Waals surface area contributed by atoms with Crippen LogP contribution in [0.1, 0.15) is 144 Å². The number of halogens is 8. The number of nitrogens with zero attached hydrogens (tertiary/aromatic N) is 4. The summed E-state index contributed by atoms with van der Waals surface area (Å²) in [4.78, 5) is 111. The molecule has 4 aliphatic rings. The number of hydrogen-bond donors (Lipinski definition) is 12. The minimum Gasteiger partial charge on any atom is -0.497 e. The number of rotatable bonds is 24. The van der Waals surface area contributed by atoms with E-state index in [1.165, 1.54) is 126 Å². The molecule has 138 heavy (non-hydrogen) atoms. The van der Waals surface area contributed by atoms with Crippen molar-refractivity contribution in [2.45, 2.75) is 38.5 Å². The van der Waals surface area contributed by atoms with Crippen LogP contribution < -0.4 is 61.5 Å². The van der Waals surface area contributed by atoms with Crippen molar-refractivity contribution in [1.82, 2.24) is 19.6 Å². The van der Waals surface area contributed by atoms with E-state index < -0.39 is 70.5 Å². The molecule has 8 amide bonds. The second-order valence-electron chi connectivity index (χ2n) is 31.5. The molecule has 0 radical (unpaired) electrons. The van der Waals surface area contributed by atoms with Crippen LogP contribution in [0.2, 0.25) is 20.1 Å². The van der Waals surface area contributed by atoms with E-state index in [0.717, 1.165) is 96.9 Å². The molecule has 0 bridgehead atoms. The fourth-order valence-corrected chi connectivity index (χ4v) is 15.0. The Morgan fingerprint density at radius 3 is 0.623 bits per heavy atom. The summed E-state index contributed by atoms with van der Waals surface area (Å²) in [6.45, 7) is 6.12. The molecule has 36 heteroatoms. The molecule has 0 unspecified atom stereocenters. The quantitative estimate of drug-likeness (QED) is 0.0116. The number of ether oxygens (including phenoxy) is 4. The van der Waals surface area contributed by atoms with E-state index in [4.69, 9.17) is 87.0 Å². The second-order valence-corrected chi connectivity index (χ2v) is 33.3. The van der Waals surface area contributed by atoms with Crippen LogP contribution in [0.25, 0.3) is 0 Å². The number of carbonyl (C=O) groups is 8. The van der Waals surface area contributed by atoms with E-state index in [1.54, 1.807) is 144 Å². The number of benzene rings is 12. The maximum absolute atomic E-state index is 14.9. The summed E-state index contributed by atoms with van der Waals surface area (Å²) in [6.07, 6.45) is 6.13. The Morgan fingerprint density at radius 2 is 0.435 bits per heavy atom. The lowest BCUT2D eigenvalue weighted by atomic mass is 10.1. The number of anilines is 8. The Morgan fingerprint density at radius 1 is 0.239 bits per heavy atom. The Labute approximate surface area is 811 Å². The summed E-state index contributed by atoms with van der Waals surface area (Å²) >= 11 is 23.6. The van der Waals surface area contributed by atoms with Crippen molar-refractivity contribution in [2.75, 3.05) is 123 Å². The van der Waals surface area contributed by atoms with Crippen LogP contribution in [0.4, 0.5) is 63.1 Å². The third-order valence-corrected chi connectivity index (χ3v) is 23.3. The predicted octanol–water partition coefficient (Wildman–Crippen LogP) is 20.9. The third-order valence-electron chi connectivity index (χ3n) is 22.3. The molecule has 4 saturated heterocycles. The number of amidine groups is 4. The molecule has 4 heterocycles. The first-order chi connectivity index (χ1) is 66.4. The Balaban J connectivity index is 0.000000155. The molecule has 4 fully saturated rings. The first kappa shape index (κ1) is 99.8. The Hall–Kier alpha value is -15.6. The molecule has 0 atom stereocenters. The van der Waals surface area contributed by atoms with Gasteiger partial charge in [0.05, 0.1) is 95.7 Å².